The summed E-state index contributed by atoms with van der Waals surface area (Å²) in [6, 6.07) is 0.252. The summed E-state index contributed by atoms with van der Waals surface area (Å²) in [6.45, 7) is 1.31. The van der Waals surface area contributed by atoms with Gasteiger partial charge in [0.1, 0.15) is 5.78 Å². The lowest BCUT2D eigenvalue weighted by molar-refractivity contribution is -0.124. The number of carbonyl (C=O) groups is 1. The first kappa shape index (κ1) is 10.1. The molecule has 2 atom stereocenters. The lowest BCUT2D eigenvalue weighted by atomic mass is 9.79. The van der Waals surface area contributed by atoms with E-state index in [2.05, 4.69) is 5.32 Å². The molecule has 1 heterocycles. The fourth-order valence-corrected chi connectivity index (χ4v) is 2.29. The third kappa shape index (κ3) is 1.98. The van der Waals surface area contributed by atoms with Crippen LogP contribution < -0.4 is 5.32 Å². The second-order valence-corrected chi connectivity index (χ2v) is 4.51. The van der Waals surface area contributed by atoms with Gasteiger partial charge in [-0.15, -0.1) is 0 Å². The highest BCUT2D eigenvalue weighted by Gasteiger charge is 2.34. The molecule has 0 aromatic rings. The summed E-state index contributed by atoms with van der Waals surface area (Å²) in [5.74, 6) is 1.20. The van der Waals surface area contributed by atoms with Crippen LogP contribution in [0, 0.1) is 11.8 Å². The standard InChI is InChI=1S/C11H19NO2/c1-12-10-7-14-6-9(10)11(13)5-8-3-2-4-8/h8-10,12H,2-7H2,1H3. The van der Waals surface area contributed by atoms with Crippen molar-refractivity contribution in [1.82, 2.24) is 5.32 Å². The Morgan fingerprint density at radius 2 is 2.21 bits per heavy atom. The van der Waals surface area contributed by atoms with Crippen molar-refractivity contribution in [3.63, 3.8) is 0 Å². The lowest BCUT2D eigenvalue weighted by Gasteiger charge is -2.26. The van der Waals surface area contributed by atoms with Gasteiger partial charge in [0.05, 0.1) is 19.1 Å². The van der Waals surface area contributed by atoms with E-state index in [0.29, 0.717) is 24.9 Å². The van der Waals surface area contributed by atoms with Gasteiger partial charge in [-0.25, -0.2) is 0 Å². The zero-order valence-corrected chi connectivity index (χ0v) is 8.79. The molecule has 0 amide bonds. The minimum Gasteiger partial charge on any atom is -0.379 e. The van der Waals surface area contributed by atoms with E-state index in [0.717, 1.165) is 6.42 Å². The van der Waals surface area contributed by atoms with Crippen molar-refractivity contribution in [2.24, 2.45) is 11.8 Å². The van der Waals surface area contributed by atoms with E-state index in [4.69, 9.17) is 4.74 Å². The molecule has 80 valence electrons. The molecule has 1 saturated carbocycles. The molecule has 2 fully saturated rings. The van der Waals surface area contributed by atoms with Crippen molar-refractivity contribution in [2.75, 3.05) is 20.3 Å². The zero-order valence-electron chi connectivity index (χ0n) is 8.79. The van der Waals surface area contributed by atoms with E-state index in [9.17, 15) is 4.79 Å². The third-order valence-electron chi connectivity index (χ3n) is 3.58. The zero-order chi connectivity index (χ0) is 9.97. The Morgan fingerprint density at radius 1 is 1.43 bits per heavy atom. The summed E-state index contributed by atoms with van der Waals surface area (Å²) in [5.41, 5.74) is 0. The van der Waals surface area contributed by atoms with Crippen LogP contribution in [0.15, 0.2) is 0 Å². The van der Waals surface area contributed by atoms with Gasteiger partial charge in [0.15, 0.2) is 0 Å². The predicted molar refractivity (Wildman–Crippen MR) is 54.1 cm³/mol. The number of hydrogen-bond donors (Lipinski definition) is 1. The highest BCUT2D eigenvalue weighted by atomic mass is 16.5. The maximum absolute atomic E-state index is 11.9. The molecule has 2 rings (SSSR count). The highest BCUT2D eigenvalue weighted by molar-refractivity contribution is 5.82. The molecular weight excluding hydrogens is 178 g/mol. The summed E-state index contributed by atoms with van der Waals surface area (Å²) in [4.78, 5) is 11.9. The average Bonchev–Trinajstić information content (AvgIpc) is 2.58. The number of Topliss-reactive ketones (excluding diaryl/α,β-unsaturated/α-hetero) is 1. The first-order valence-corrected chi connectivity index (χ1v) is 5.59. The Balaban J connectivity index is 1.83. The van der Waals surface area contributed by atoms with Crippen molar-refractivity contribution >= 4 is 5.78 Å². The molecule has 1 N–H and O–H groups in total. The van der Waals surface area contributed by atoms with Crippen LogP contribution in [0.2, 0.25) is 0 Å². The molecule has 0 bridgehead atoms. The molecule has 3 heteroatoms. The quantitative estimate of drug-likeness (QED) is 0.730. The van der Waals surface area contributed by atoms with Crippen molar-refractivity contribution in [3.8, 4) is 0 Å². The third-order valence-corrected chi connectivity index (χ3v) is 3.58. The van der Waals surface area contributed by atoms with Gasteiger partial charge >= 0.3 is 0 Å². The first-order valence-electron chi connectivity index (χ1n) is 5.59. The number of likely N-dealkylation sites (N-methyl/N-ethyl adjacent to an activating group) is 1. The van der Waals surface area contributed by atoms with E-state index in [1.165, 1.54) is 19.3 Å². The average molecular weight is 197 g/mol. The molecule has 2 aliphatic rings. The molecule has 3 nitrogen and oxygen atoms in total. The van der Waals surface area contributed by atoms with E-state index in [1.54, 1.807) is 0 Å². The van der Waals surface area contributed by atoms with Gasteiger partial charge in [-0.3, -0.25) is 4.79 Å². The second kappa shape index (κ2) is 4.41. The van der Waals surface area contributed by atoms with Crippen molar-refractivity contribution in [2.45, 2.75) is 31.7 Å². The van der Waals surface area contributed by atoms with Crippen molar-refractivity contribution in [3.05, 3.63) is 0 Å². The molecule has 2 unspecified atom stereocenters. The van der Waals surface area contributed by atoms with Crippen LogP contribution in [-0.2, 0) is 9.53 Å². The molecule has 0 aromatic carbocycles. The summed E-state index contributed by atoms with van der Waals surface area (Å²) in [6.07, 6.45) is 4.61. The minimum absolute atomic E-state index is 0.112. The molecule has 0 spiro atoms. The van der Waals surface area contributed by atoms with E-state index in [1.807, 2.05) is 7.05 Å². The summed E-state index contributed by atoms with van der Waals surface area (Å²) in [7, 11) is 1.91. The fraction of sp³-hybridized carbons (Fsp3) is 0.909. The Kier molecular flexibility index (Phi) is 3.19. The van der Waals surface area contributed by atoms with E-state index in [-0.39, 0.29) is 12.0 Å². The first-order chi connectivity index (χ1) is 6.81. The number of hydrogen-bond acceptors (Lipinski definition) is 3. The molecule has 1 saturated heterocycles. The smallest absolute Gasteiger partial charge is 0.140 e. The van der Waals surface area contributed by atoms with Gasteiger partial charge in [-0.05, 0) is 13.0 Å². The topological polar surface area (TPSA) is 38.3 Å². The van der Waals surface area contributed by atoms with Crippen LogP contribution in [-0.4, -0.2) is 32.1 Å². The van der Waals surface area contributed by atoms with Crippen LogP contribution in [0.1, 0.15) is 25.7 Å². The Hall–Kier alpha value is -0.410. The molecule has 0 aromatic heterocycles. The second-order valence-electron chi connectivity index (χ2n) is 4.51. The molecule has 1 aliphatic carbocycles. The van der Waals surface area contributed by atoms with Gasteiger partial charge in [0, 0.05) is 12.5 Å². The molecule has 1 aliphatic heterocycles. The number of ether oxygens (including phenoxy) is 1. The van der Waals surface area contributed by atoms with Crippen LogP contribution in [0.3, 0.4) is 0 Å². The van der Waals surface area contributed by atoms with Gasteiger partial charge in [-0.1, -0.05) is 19.3 Å². The van der Waals surface area contributed by atoms with Crippen LogP contribution in [0.25, 0.3) is 0 Å². The summed E-state index contributed by atoms with van der Waals surface area (Å²) >= 11 is 0. The maximum Gasteiger partial charge on any atom is 0.140 e. The Bertz CT molecular complexity index is 213. The SMILES string of the molecule is CNC1COCC1C(=O)CC1CCC1. The lowest BCUT2D eigenvalue weighted by Crippen LogP contribution is -2.37. The van der Waals surface area contributed by atoms with Crippen molar-refractivity contribution < 1.29 is 9.53 Å². The van der Waals surface area contributed by atoms with Gasteiger partial charge in [-0.2, -0.15) is 0 Å². The van der Waals surface area contributed by atoms with Crippen molar-refractivity contribution in [1.29, 1.82) is 0 Å². The summed E-state index contributed by atoms with van der Waals surface area (Å²) < 4.78 is 5.33. The Morgan fingerprint density at radius 3 is 2.79 bits per heavy atom. The maximum atomic E-state index is 11.9. The highest BCUT2D eigenvalue weighted by Crippen LogP contribution is 2.31. The summed E-state index contributed by atoms with van der Waals surface area (Å²) in [5, 5.41) is 3.16. The van der Waals surface area contributed by atoms with Crippen LogP contribution >= 0.6 is 0 Å². The van der Waals surface area contributed by atoms with Gasteiger partial charge in [0.25, 0.3) is 0 Å². The number of carbonyl (C=O) groups excluding carboxylic acids is 1. The predicted octanol–water partition coefficient (Wildman–Crippen LogP) is 0.980. The number of ketones is 1. The molecule has 0 radical (unpaired) electrons. The molecule has 14 heavy (non-hydrogen) atoms. The fourth-order valence-electron chi connectivity index (χ4n) is 2.29. The van der Waals surface area contributed by atoms with E-state index < -0.39 is 0 Å². The Labute approximate surface area is 85.2 Å². The largest absolute Gasteiger partial charge is 0.379 e. The van der Waals surface area contributed by atoms with Gasteiger partial charge in [0.2, 0.25) is 0 Å². The minimum atomic E-state index is 0.112. The number of nitrogens with one attached hydrogen (secondary N) is 1. The van der Waals surface area contributed by atoms with E-state index >= 15 is 0 Å². The molecular formula is C11H19NO2. The van der Waals surface area contributed by atoms with Crippen LogP contribution in [0.4, 0.5) is 0 Å². The van der Waals surface area contributed by atoms with Crippen LogP contribution in [0.5, 0.6) is 0 Å². The van der Waals surface area contributed by atoms with Gasteiger partial charge < -0.3 is 10.1 Å². The monoisotopic (exact) mass is 197 g/mol. The normalized spacial score (nSPS) is 32.9. The number of rotatable bonds is 4.